The molecule has 10 heteroatoms. The fraction of sp³-hybridized carbons (Fsp3) is 0.250. The molecule has 2 aromatic carbocycles. The normalized spacial score (nSPS) is 16.7. The fourth-order valence-corrected chi connectivity index (χ4v) is 2.61. The van der Waals surface area contributed by atoms with Crippen LogP contribution in [-0.2, 0) is 6.54 Å². The Morgan fingerprint density at radius 2 is 1.83 bits per heavy atom. The van der Waals surface area contributed by atoms with Crippen LogP contribution in [0.4, 0.5) is 13.2 Å². The maximum absolute atomic E-state index is 12.2. The van der Waals surface area contributed by atoms with Crippen molar-refractivity contribution < 1.29 is 49.0 Å². The summed E-state index contributed by atoms with van der Waals surface area (Å²) in [5, 5.41) is 11.9. The summed E-state index contributed by atoms with van der Waals surface area (Å²) in [7, 11) is 0. The fourth-order valence-electron chi connectivity index (χ4n) is 2.61. The van der Waals surface area contributed by atoms with E-state index in [4.69, 9.17) is 0 Å². The van der Waals surface area contributed by atoms with E-state index >= 15 is 0 Å². The van der Waals surface area contributed by atoms with Gasteiger partial charge in [0, 0.05) is 12.4 Å². The number of rotatable bonds is 5. The molecule has 1 atom stereocenters. The minimum Gasteiger partial charge on any atom is -0.634 e. The van der Waals surface area contributed by atoms with Crippen molar-refractivity contribution in [3.63, 3.8) is 0 Å². The third kappa shape index (κ3) is 6.97. The molecule has 0 spiro atoms. The van der Waals surface area contributed by atoms with Crippen molar-refractivity contribution in [3.05, 3.63) is 70.6 Å². The topological polar surface area (TPSA) is 71.5 Å². The van der Waals surface area contributed by atoms with Crippen molar-refractivity contribution in [1.82, 2.24) is 10.4 Å². The first-order chi connectivity index (χ1) is 13.7. The van der Waals surface area contributed by atoms with Gasteiger partial charge in [-0.2, -0.15) is 5.01 Å². The van der Waals surface area contributed by atoms with Crippen LogP contribution in [0.1, 0.15) is 23.6 Å². The van der Waals surface area contributed by atoms with Gasteiger partial charge in [0.05, 0.1) is 0 Å². The van der Waals surface area contributed by atoms with Crippen LogP contribution < -0.4 is 10.2 Å². The predicted molar refractivity (Wildman–Crippen MR) is 105 cm³/mol. The van der Waals surface area contributed by atoms with Crippen molar-refractivity contribution in [2.75, 3.05) is 0 Å². The van der Waals surface area contributed by atoms with E-state index < -0.39 is 12.2 Å². The average molecular weight is 639 g/mol. The van der Waals surface area contributed by atoms with E-state index in [1.807, 2.05) is 43.1 Å². The molecule has 2 aromatic rings. The molecular weight excluding hydrogens is 621 g/mol. The molecule has 3 rings (SSSR count). The van der Waals surface area contributed by atoms with E-state index in [-0.39, 0.29) is 48.6 Å². The van der Waals surface area contributed by atoms with Crippen molar-refractivity contribution in [3.8, 4) is 5.75 Å². The minimum atomic E-state index is -4.77. The average Bonchev–Trinajstić information content (AvgIpc) is 3.00. The second kappa shape index (κ2) is 10.2. The van der Waals surface area contributed by atoms with Gasteiger partial charge in [0.25, 0.3) is 0 Å². The molecule has 0 amide bonds. The third-order valence-corrected chi connectivity index (χ3v) is 4.10. The molecule has 6 nitrogen and oxygen atoms in total. The van der Waals surface area contributed by atoms with Gasteiger partial charge in [-0.3, -0.25) is 4.99 Å². The summed E-state index contributed by atoms with van der Waals surface area (Å²) in [5.41, 5.74) is 5.56. The van der Waals surface area contributed by atoms with Gasteiger partial charge >= 0.3 is 37.5 Å². The number of hydrogen-bond acceptors (Lipinski definition) is 4. The zero-order chi connectivity index (χ0) is 21.0. The Balaban J connectivity index is 0.00000320. The van der Waals surface area contributed by atoms with Crippen molar-refractivity contribution in [2.45, 2.75) is 32.9 Å². The Morgan fingerprint density at radius 1 is 1.20 bits per heavy atom. The van der Waals surface area contributed by atoms with Crippen LogP contribution in [-0.4, -0.2) is 35.4 Å². The van der Waals surface area contributed by atoms with Crippen LogP contribution in [0.25, 0.3) is 5.41 Å². The SMILES string of the molecule is Cc1ccc(CN2NC([C-]=NC(=[N-])c3ccc(OC(F)(F)F)cc3)=NC2C)cc1.[U+2]. The zero-order valence-corrected chi connectivity index (χ0v) is 20.4. The molecule has 1 unspecified atom stereocenters. The monoisotopic (exact) mass is 639 g/mol. The summed E-state index contributed by atoms with van der Waals surface area (Å²) in [6.07, 6.45) is -2.32. The van der Waals surface area contributed by atoms with Crippen LogP contribution in [0.2, 0.25) is 0 Å². The number of ether oxygens (including phenoxy) is 1. The number of nitrogens with one attached hydrogen (secondary N) is 1. The van der Waals surface area contributed by atoms with Crippen LogP contribution in [0, 0.1) is 38.0 Å². The number of aryl methyl sites for hydroxylation is 1. The first-order valence-corrected chi connectivity index (χ1v) is 8.75. The maximum Gasteiger partial charge on any atom is 2.00 e. The van der Waals surface area contributed by atoms with Crippen molar-refractivity contribution in [2.24, 2.45) is 9.98 Å². The summed E-state index contributed by atoms with van der Waals surface area (Å²) in [4.78, 5) is 8.17. The van der Waals surface area contributed by atoms with Gasteiger partial charge in [-0.25, -0.2) is 12.1 Å². The van der Waals surface area contributed by atoms with Crippen LogP contribution in [0.15, 0.2) is 58.5 Å². The Bertz CT molecular complexity index is 927. The Kier molecular flexibility index (Phi) is 8.24. The summed E-state index contributed by atoms with van der Waals surface area (Å²) in [5.74, 6) is -0.449. The maximum atomic E-state index is 12.2. The Morgan fingerprint density at radius 3 is 2.43 bits per heavy atom. The molecule has 30 heavy (non-hydrogen) atoms. The van der Waals surface area contributed by atoms with Gasteiger partial charge in [-0.05, 0) is 31.5 Å². The van der Waals surface area contributed by atoms with Gasteiger partial charge in [0.1, 0.15) is 11.9 Å². The molecule has 1 heterocycles. The molecule has 0 fully saturated rings. The molecule has 0 radical (unpaired) electrons. The standard InChI is InChI=1S/C20H18F3N5O.U/c1-13-3-5-15(6-4-13)12-28-14(2)26-18(27-28)11-25-19(24)16-7-9-17(10-8-16)29-20(21,22)23;/h3-10,14H,12H2,1-2H3,(H,26,27);/q-2;+2. The molecule has 0 saturated heterocycles. The second-order valence-corrected chi connectivity index (χ2v) is 6.45. The molecule has 0 aliphatic carbocycles. The Hall–Kier alpha value is -2.15. The van der Waals surface area contributed by atoms with E-state index in [1.54, 1.807) is 0 Å². The number of aliphatic imine (C=N–C) groups is 2. The van der Waals surface area contributed by atoms with E-state index in [9.17, 15) is 18.6 Å². The molecular formula is C20H18F3N5OU. The van der Waals surface area contributed by atoms with Gasteiger partial charge in [-0.15, -0.1) is 18.7 Å². The number of halogens is 3. The number of alkyl halides is 3. The quantitative estimate of drug-likeness (QED) is 0.307. The molecule has 0 saturated carbocycles. The molecule has 1 aliphatic heterocycles. The van der Waals surface area contributed by atoms with E-state index in [0.717, 1.165) is 17.7 Å². The first kappa shape index (κ1) is 24.1. The number of hydrazine groups is 1. The van der Waals surface area contributed by atoms with Gasteiger partial charge in [0.2, 0.25) is 0 Å². The molecule has 1 N–H and O–H groups in total. The molecule has 0 aromatic heterocycles. The predicted octanol–water partition coefficient (Wildman–Crippen LogP) is 3.92. The summed E-state index contributed by atoms with van der Waals surface area (Å²) in [6, 6.07) is 12.8. The van der Waals surface area contributed by atoms with Crippen LogP contribution in [0.5, 0.6) is 5.75 Å². The van der Waals surface area contributed by atoms with E-state index in [0.29, 0.717) is 12.4 Å². The van der Waals surface area contributed by atoms with Crippen molar-refractivity contribution in [1.29, 1.82) is 0 Å². The van der Waals surface area contributed by atoms with Crippen LogP contribution >= 0.6 is 0 Å². The van der Waals surface area contributed by atoms with Crippen molar-refractivity contribution >= 4 is 17.9 Å². The number of hydrogen-bond donors (Lipinski definition) is 1. The molecule has 0 bridgehead atoms. The van der Waals surface area contributed by atoms with Gasteiger partial charge < -0.3 is 20.6 Å². The number of nitrogens with zero attached hydrogens (tertiary/aromatic N) is 4. The van der Waals surface area contributed by atoms with E-state index in [2.05, 4.69) is 26.4 Å². The second-order valence-electron chi connectivity index (χ2n) is 6.45. The Labute approximate surface area is 196 Å². The smallest absolute Gasteiger partial charge is 0.634 e. The zero-order valence-electron chi connectivity index (χ0n) is 16.2. The first-order valence-electron chi connectivity index (χ1n) is 8.75. The number of benzene rings is 2. The summed E-state index contributed by atoms with van der Waals surface area (Å²) < 4.78 is 40.3. The number of amidine groups is 2. The largest absolute Gasteiger partial charge is 2.00 e. The molecule has 1 aliphatic rings. The van der Waals surface area contributed by atoms with Gasteiger partial charge in [0.15, 0.2) is 0 Å². The summed E-state index contributed by atoms with van der Waals surface area (Å²) in [6.45, 7) is 4.54. The summed E-state index contributed by atoms with van der Waals surface area (Å²) >= 11 is 0. The van der Waals surface area contributed by atoms with E-state index in [1.165, 1.54) is 17.7 Å². The molecule has 154 valence electrons. The van der Waals surface area contributed by atoms with Crippen LogP contribution in [0.3, 0.4) is 0 Å². The third-order valence-electron chi connectivity index (χ3n) is 4.10. The van der Waals surface area contributed by atoms with Gasteiger partial charge in [-0.1, -0.05) is 42.0 Å². The minimum absolute atomic E-state index is 0.